The molecule has 1 saturated heterocycles. The van der Waals surface area contributed by atoms with Crippen LogP contribution in [0, 0.1) is 11.8 Å². The fourth-order valence-corrected chi connectivity index (χ4v) is 4.44. The van der Waals surface area contributed by atoms with Crippen LogP contribution < -0.4 is 0 Å². The highest BCUT2D eigenvalue weighted by atomic mass is 16.2. The molecule has 0 atom stereocenters. The zero-order valence-corrected chi connectivity index (χ0v) is 15.3. The average molecular weight is 335 g/mol. The SMILES string of the molecule is CCCC(=O)N1CCC(C(=O)N(CC2CCCCC2)C2CC2)CC1. The van der Waals surface area contributed by atoms with Gasteiger partial charge in [0, 0.05) is 38.0 Å². The Balaban J connectivity index is 1.51. The molecular weight excluding hydrogens is 300 g/mol. The summed E-state index contributed by atoms with van der Waals surface area (Å²) in [6, 6.07) is 0.527. The summed E-state index contributed by atoms with van der Waals surface area (Å²) in [6.45, 7) is 4.60. The summed E-state index contributed by atoms with van der Waals surface area (Å²) in [5, 5.41) is 0. The van der Waals surface area contributed by atoms with Crippen LogP contribution in [0.2, 0.25) is 0 Å². The molecule has 4 nitrogen and oxygen atoms in total. The third-order valence-electron chi connectivity index (χ3n) is 6.11. The second kappa shape index (κ2) is 8.35. The molecule has 2 amide bonds. The normalized spacial score (nSPS) is 23.3. The van der Waals surface area contributed by atoms with Crippen LogP contribution in [0.25, 0.3) is 0 Å². The van der Waals surface area contributed by atoms with Gasteiger partial charge in [0.05, 0.1) is 0 Å². The minimum absolute atomic E-state index is 0.153. The lowest BCUT2D eigenvalue weighted by atomic mass is 9.88. The van der Waals surface area contributed by atoms with E-state index in [1.807, 2.05) is 11.8 Å². The highest BCUT2D eigenvalue weighted by Crippen LogP contribution is 2.33. The van der Waals surface area contributed by atoms with E-state index < -0.39 is 0 Å². The molecule has 1 aliphatic heterocycles. The summed E-state index contributed by atoms with van der Waals surface area (Å²) in [7, 11) is 0. The first-order valence-electron chi connectivity index (χ1n) is 10.3. The first kappa shape index (κ1) is 17.8. The molecule has 0 aromatic rings. The third kappa shape index (κ3) is 4.52. The number of amides is 2. The Labute approximate surface area is 146 Å². The van der Waals surface area contributed by atoms with Crippen LogP contribution in [0.1, 0.15) is 77.6 Å². The fraction of sp³-hybridized carbons (Fsp3) is 0.900. The van der Waals surface area contributed by atoms with Crippen LogP contribution in [0.4, 0.5) is 0 Å². The number of piperidine rings is 1. The molecule has 24 heavy (non-hydrogen) atoms. The van der Waals surface area contributed by atoms with Gasteiger partial charge in [0.25, 0.3) is 0 Å². The van der Waals surface area contributed by atoms with Gasteiger partial charge in [0.2, 0.25) is 11.8 Å². The number of carbonyl (C=O) groups excluding carboxylic acids is 2. The predicted octanol–water partition coefficient (Wildman–Crippen LogP) is 3.60. The van der Waals surface area contributed by atoms with Gasteiger partial charge in [-0.25, -0.2) is 0 Å². The van der Waals surface area contributed by atoms with Crippen molar-refractivity contribution in [2.45, 2.75) is 83.6 Å². The van der Waals surface area contributed by atoms with E-state index in [1.165, 1.54) is 44.9 Å². The summed E-state index contributed by atoms with van der Waals surface area (Å²) >= 11 is 0. The smallest absolute Gasteiger partial charge is 0.226 e. The Bertz CT molecular complexity index is 433. The largest absolute Gasteiger partial charge is 0.343 e. The average Bonchev–Trinajstić information content (AvgIpc) is 3.45. The van der Waals surface area contributed by atoms with Crippen molar-refractivity contribution in [3.8, 4) is 0 Å². The third-order valence-corrected chi connectivity index (χ3v) is 6.11. The Morgan fingerprint density at radius 1 is 0.958 bits per heavy atom. The number of carbonyl (C=O) groups is 2. The van der Waals surface area contributed by atoms with Crippen molar-refractivity contribution in [1.29, 1.82) is 0 Å². The molecule has 2 saturated carbocycles. The fourth-order valence-electron chi connectivity index (χ4n) is 4.44. The zero-order valence-electron chi connectivity index (χ0n) is 15.3. The summed E-state index contributed by atoms with van der Waals surface area (Å²) in [5.74, 6) is 1.55. The van der Waals surface area contributed by atoms with Crippen LogP contribution in [0.3, 0.4) is 0 Å². The van der Waals surface area contributed by atoms with E-state index in [0.29, 0.717) is 18.4 Å². The van der Waals surface area contributed by atoms with Crippen LogP contribution in [-0.2, 0) is 9.59 Å². The van der Waals surface area contributed by atoms with E-state index in [2.05, 4.69) is 4.90 Å². The molecule has 3 fully saturated rings. The molecule has 1 heterocycles. The van der Waals surface area contributed by atoms with E-state index in [1.54, 1.807) is 0 Å². The van der Waals surface area contributed by atoms with Crippen molar-refractivity contribution < 1.29 is 9.59 Å². The van der Waals surface area contributed by atoms with Crippen molar-refractivity contribution in [3.63, 3.8) is 0 Å². The van der Waals surface area contributed by atoms with Gasteiger partial charge in [-0.1, -0.05) is 26.2 Å². The Morgan fingerprint density at radius 2 is 1.62 bits per heavy atom. The Hall–Kier alpha value is -1.06. The number of nitrogens with zero attached hydrogens (tertiary/aromatic N) is 2. The number of rotatable bonds is 6. The first-order chi connectivity index (χ1) is 11.7. The van der Waals surface area contributed by atoms with E-state index in [4.69, 9.17) is 0 Å². The monoisotopic (exact) mass is 334 g/mol. The molecular formula is C20H34N2O2. The van der Waals surface area contributed by atoms with Crippen LogP contribution in [-0.4, -0.2) is 47.3 Å². The summed E-state index contributed by atoms with van der Waals surface area (Å²) in [6.07, 6.45) is 12.4. The van der Waals surface area contributed by atoms with Gasteiger partial charge in [-0.2, -0.15) is 0 Å². The number of hydrogen-bond donors (Lipinski definition) is 0. The lowest BCUT2D eigenvalue weighted by molar-refractivity contribution is -0.141. The van der Waals surface area contributed by atoms with Crippen LogP contribution in [0.15, 0.2) is 0 Å². The summed E-state index contributed by atoms with van der Waals surface area (Å²) in [5.41, 5.74) is 0. The van der Waals surface area contributed by atoms with Gasteiger partial charge < -0.3 is 9.80 Å². The quantitative estimate of drug-likeness (QED) is 0.745. The molecule has 0 unspecified atom stereocenters. The molecule has 0 bridgehead atoms. The summed E-state index contributed by atoms with van der Waals surface area (Å²) < 4.78 is 0. The van der Waals surface area contributed by atoms with Crippen LogP contribution in [0.5, 0.6) is 0 Å². The molecule has 3 rings (SSSR count). The lowest BCUT2D eigenvalue weighted by Crippen LogP contribution is -2.46. The topological polar surface area (TPSA) is 40.6 Å². The molecule has 0 radical (unpaired) electrons. The zero-order chi connectivity index (χ0) is 16.9. The van der Waals surface area contributed by atoms with Gasteiger partial charge in [-0.3, -0.25) is 9.59 Å². The van der Waals surface area contributed by atoms with Gasteiger partial charge in [0.1, 0.15) is 0 Å². The molecule has 136 valence electrons. The maximum Gasteiger partial charge on any atom is 0.226 e. The van der Waals surface area contributed by atoms with E-state index in [-0.39, 0.29) is 11.8 Å². The van der Waals surface area contributed by atoms with Crippen molar-refractivity contribution in [2.24, 2.45) is 11.8 Å². The molecule has 0 aromatic heterocycles. The van der Waals surface area contributed by atoms with E-state index >= 15 is 0 Å². The number of likely N-dealkylation sites (tertiary alicyclic amines) is 1. The minimum Gasteiger partial charge on any atom is -0.343 e. The van der Waals surface area contributed by atoms with Crippen molar-refractivity contribution in [2.75, 3.05) is 19.6 Å². The molecule has 0 spiro atoms. The van der Waals surface area contributed by atoms with E-state index in [0.717, 1.165) is 44.8 Å². The van der Waals surface area contributed by atoms with Gasteiger partial charge >= 0.3 is 0 Å². The molecule has 0 aromatic carbocycles. The van der Waals surface area contributed by atoms with Gasteiger partial charge in [0.15, 0.2) is 0 Å². The second-order valence-corrected chi connectivity index (χ2v) is 8.13. The lowest BCUT2D eigenvalue weighted by Gasteiger charge is -2.36. The second-order valence-electron chi connectivity index (χ2n) is 8.13. The van der Waals surface area contributed by atoms with Crippen molar-refractivity contribution in [1.82, 2.24) is 9.80 Å². The number of hydrogen-bond acceptors (Lipinski definition) is 2. The van der Waals surface area contributed by atoms with Gasteiger partial charge in [-0.15, -0.1) is 0 Å². The highest BCUT2D eigenvalue weighted by molar-refractivity contribution is 5.80. The van der Waals surface area contributed by atoms with E-state index in [9.17, 15) is 9.59 Å². The maximum atomic E-state index is 13.1. The standard InChI is InChI=1S/C20H34N2O2/c1-2-6-19(23)21-13-11-17(12-14-21)20(24)22(18-9-10-18)15-16-7-4-3-5-8-16/h16-18H,2-15H2,1H3. The van der Waals surface area contributed by atoms with Crippen LogP contribution >= 0.6 is 0 Å². The minimum atomic E-state index is 0.153. The van der Waals surface area contributed by atoms with Crippen molar-refractivity contribution in [3.05, 3.63) is 0 Å². The molecule has 3 aliphatic rings. The van der Waals surface area contributed by atoms with Gasteiger partial charge in [-0.05, 0) is 50.9 Å². The molecule has 2 aliphatic carbocycles. The first-order valence-corrected chi connectivity index (χ1v) is 10.3. The summed E-state index contributed by atoms with van der Waals surface area (Å²) in [4.78, 5) is 29.3. The Kier molecular flexibility index (Phi) is 6.18. The highest BCUT2D eigenvalue weighted by Gasteiger charge is 2.38. The Morgan fingerprint density at radius 3 is 2.21 bits per heavy atom. The maximum absolute atomic E-state index is 13.1. The molecule has 0 N–H and O–H groups in total. The van der Waals surface area contributed by atoms with Crippen molar-refractivity contribution >= 4 is 11.8 Å². The predicted molar refractivity (Wildman–Crippen MR) is 95.5 cm³/mol. The molecule has 4 heteroatoms.